The molecule has 0 saturated carbocycles. The number of aromatic hydroxyl groups is 2. The smallest absolute Gasteiger partial charge is 0.314 e. The summed E-state index contributed by atoms with van der Waals surface area (Å²) < 4.78 is 67.0. The van der Waals surface area contributed by atoms with E-state index in [1.54, 1.807) is 13.8 Å². The molecule has 0 radical (unpaired) electrons. The Morgan fingerprint density at radius 2 is 0.875 bits per heavy atom. The van der Waals surface area contributed by atoms with Crippen molar-refractivity contribution >= 4 is 88.2 Å². The van der Waals surface area contributed by atoms with E-state index in [1.807, 2.05) is 0 Å². The van der Waals surface area contributed by atoms with Crippen LogP contribution >= 0.6 is 0 Å². The van der Waals surface area contributed by atoms with Crippen LogP contribution in [0.25, 0.3) is 21.5 Å². The lowest BCUT2D eigenvalue weighted by Crippen LogP contribution is -2.29. The summed E-state index contributed by atoms with van der Waals surface area (Å²) in [5.41, 5.74) is 0.624. The number of amides is 4. The maximum Gasteiger partial charge on any atom is 0.314 e. The number of phenols is 2. The number of anilines is 4. The molecule has 0 fully saturated rings. The largest absolute Gasteiger partial charge is 0.507 e. The van der Waals surface area contributed by atoms with Crippen molar-refractivity contribution in [2.24, 2.45) is 0 Å². The lowest BCUT2D eigenvalue weighted by Gasteiger charge is -2.15. The van der Waals surface area contributed by atoms with Gasteiger partial charge in [-0.1, -0.05) is 36.4 Å². The number of rotatable bonds is 8. The molecule has 0 saturated heterocycles. The van der Waals surface area contributed by atoms with Crippen LogP contribution < -0.4 is 21.3 Å². The predicted molar refractivity (Wildman–Crippen MR) is 206 cm³/mol. The first-order valence-electron chi connectivity index (χ1n) is 16.2. The average molecular weight is 799 g/mol. The summed E-state index contributed by atoms with van der Waals surface area (Å²) in [5.74, 6) is -4.43. The van der Waals surface area contributed by atoms with E-state index in [4.69, 9.17) is 0 Å². The van der Waals surface area contributed by atoms with E-state index in [9.17, 15) is 55.3 Å². The molecular formula is C38H30N4O12S2. The Labute approximate surface area is 318 Å². The van der Waals surface area contributed by atoms with Crippen molar-refractivity contribution in [2.45, 2.75) is 23.6 Å². The summed E-state index contributed by atoms with van der Waals surface area (Å²) in [4.78, 5) is 51.8. The predicted octanol–water partition coefficient (Wildman–Crippen LogP) is 5.60. The van der Waals surface area contributed by atoms with Gasteiger partial charge < -0.3 is 31.5 Å². The average Bonchev–Trinajstić information content (AvgIpc) is 3.12. The van der Waals surface area contributed by atoms with Gasteiger partial charge in [-0.2, -0.15) is 16.8 Å². The third-order valence-electron chi connectivity index (χ3n) is 8.64. The van der Waals surface area contributed by atoms with Crippen molar-refractivity contribution in [1.29, 1.82) is 0 Å². The second-order valence-corrected chi connectivity index (χ2v) is 15.4. The fourth-order valence-corrected chi connectivity index (χ4v) is 6.99. The van der Waals surface area contributed by atoms with Crippen LogP contribution in [0.3, 0.4) is 0 Å². The Morgan fingerprint density at radius 1 is 0.500 bits per heavy atom. The number of phenolic OH excluding ortho intramolecular Hbond substituents is 2. The Morgan fingerprint density at radius 3 is 1.23 bits per heavy atom. The summed E-state index contributed by atoms with van der Waals surface area (Å²) in [6, 6.07) is 21.0. The quantitative estimate of drug-likeness (QED) is 0.0691. The molecule has 0 unspecified atom stereocenters. The number of hydrogen-bond donors (Lipinski definition) is 8. The maximum atomic E-state index is 13.5. The zero-order chi connectivity index (χ0) is 40.7. The van der Waals surface area contributed by atoms with Crippen LogP contribution in [0, 0.1) is 13.8 Å². The van der Waals surface area contributed by atoms with Gasteiger partial charge in [-0.25, -0.2) is 0 Å². The van der Waals surface area contributed by atoms with Crippen LogP contribution in [0.5, 0.6) is 11.5 Å². The van der Waals surface area contributed by atoms with Crippen molar-refractivity contribution in [2.75, 3.05) is 21.3 Å². The van der Waals surface area contributed by atoms with E-state index in [2.05, 4.69) is 21.3 Å². The topological polar surface area (TPSA) is 266 Å². The molecule has 6 aromatic rings. The Bertz CT molecular complexity index is 2700. The van der Waals surface area contributed by atoms with Crippen LogP contribution in [0.4, 0.5) is 22.7 Å². The van der Waals surface area contributed by atoms with Gasteiger partial charge in [-0.05, 0) is 96.4 Å². The maximum absolute atomic E-state index is 13.5. The number of aryl methyl sites for hydroxylation is 2. The molecule has 16 nitrogen and oxygen atoms in total. The summed E-state index contributed by atoms with van der Waals surface area (Å²) in [6.07, 6.45) is 0. The molecular weight excluding hydrogens is 769 g/mol. The number of carbonyl (C=O) groups is 4. The minimum Gasteiger partial charge on any atom is -0.507 e. The highest BCUT2D eigenvalue weighted by atomic mass is 32.2. The summed E-state index contributed by atoms with van der Waals surface area (Å²) in [5, 5.41) is 31.4. The molecule has 0 aliphatic heterocycles. The van der Waals surface area contributed by atoms with E-state index < -0.39 is 53.7 Å². The SMILES string of the molecule is Cc1ccc(NC(=O)C(=O)Nc2ccc(C)c(C(=O)Nc3cc(S(=O)(=O)O)cc4cccc(O)c34)c2)cc1C(=O)Nc1cc(S(=O)(=O)O)cc2cccc(O)c12. The fraction of sp³-hybridized carbons (Fsp3) is 0.0526. The van der Waals surface area contributed by atoms with Gasteiger partial charge in [0.2, 0.25) is 0 Å². The van der Waals surface area contributed by atoms with Crippen molar-refractivity contribution in [3.8, 4) is 11.5 Å². The van der Waals surface area contributed by atoms with E-state index in [0.29, 0.717) is 11.1 Å². The first kappa shape index (κ1) is 38.9. The molecule has 0 aliphatic rings. The van der Waals surface area contributed by atoms with Crippen LogP contribution in [0.2, 0.25) is 0 Å². The van der Waals surface area contributed by atoms with Gasteiger partial charge in [0.1, 0.15) is 11.5 Å². The van der Waals surface area contributed by atoms with Crippen LogP contribution in [-0.2, 0) is 29.8 Å². The molecule has 0 aliphatic carbocycles. The molecule has 6 rings (SSSR count). The molecule has 6 aromatic carbocycles. The van der Waals surface area contributed by atoms with Gasteiger partial charge in [-0.3, -0.25) is 28.3 Å². The second-order valence-electron chi connectivity index (χ2n) is 12.5. The van der Waals surface area contributed by atoms with E-state index in [-0.39, 0.29) is 66.9 Å². The lowest BCUT2D eigenvalue weighted by atomic mass is 10.0. The zero-order valence-electron chi connectivity index (χ0n) is 29.1. The van der Waals surface area contributed by atoms with E-state index in [0.717, 1.165) is 24.3 Å². The van der Waals surface area contributed by atoms with Crippen LogP contribution in [-0.4, -0.2) is 59.8 Å². The minimum atomic E-state index is -4.70. The standard InChI is InChI=1S/C38H30N4O12S2/c1-19-9-11-23(15-27(19)35(45)41-29-17-25(55(49,50)51)13-21-5-3-7-31(43)33(21)29)39-37(47)38(48)40-24-12-10-20(2)28(16-24)36(46)42-30-18-26(56(52,53)54)14-22-6-4-8-32(44)34(22)30/h3-18,43-44H,1-2H3,(H,39,47)(H,40,48)(H,41,45)(H,42,46)(H,49,50,51)(H,52,53,54). The molecule has 18 heteroatoms. The molecule has 0 spiro atoms. The van der Waals surface area contributed by atoms with Gasteiger partial charge in [-0.15, -0.1) is 0 Å². The lowest BCUT2D eigenvalue weighted by molar-refractivity contribution is -0.132. The number of benzene rings is 6. The molecule has 0 bridgehead atoms. The highest BCUT2D eigenvalue weighted by Gasteiger charge is 2.22. The third-order valence-corrected chi connectivity index (χ3v) is 10.3. The van der Waals surface area contributed by atoms with Crippen molar-refractivity contribution in [3.05, 3.63) is 119 Å². The monoisotopic (exact) mass is 798 g/mol. The van der Waals surface area contributed by atoms with Crippen molar-refractivity contribution in [1.82, 2.24) is 0 Å². The first-order chi connectivity index (χ1) is 26.3. The van der Waals surface area contributed by atoms with Gasteiger partial charge in [0.15, 0.2) is 0 Å². The first-order valence-corrected chi connectivity index (χ1v) is 19.1. The normalized spacial score (nSPS) is 11.6. The Balaban J connectivity index is 1.19. The molecule has 0 heterocycles. The van der Waals surface area contributed by atoms with Crippen LogP contribution in [0.15, 0.2) is 107 Å². The number of nitrogens with one attached hydrogen (secondary N) is 4. The van der Waals surface area contributed by atoms with Gasteiger partial charge in [0, 0.05) is 33.3 Å². The third kappa shape index (κ3) is 8.12. The van der Waals surface area contributed by atoms with Gasteiger partial charge in [0.05, 0.1) is 21.2 Å². The fourth-order valence-electron chi connectivity index (χ4n) is 5.90. The summed E-state index contributed by atoms with van der Waals surface area (Å²) in [6.45, 7) is 3.16. The number of hydrogen-bond acceptors (Lipinski definition) is 10. The Kier molecular flexibility index (Phi) is 10.2. The van der Waals surface area contributed by atoms with Gasteiger partial charge in [0.25, 0.3) is 32.1 Å². The summed E-state index contributed by atoms with van der Waals surface area (Å²) >= 11 is 0. The highest BCUT2D eigenvalue weighted by molar-refractivity contribution is 7.86. The molecule has 286 valence electrons. The Hall–Kier alpha value is -6.86. The van der Waals surface area contributed by atoms with Gasteiger partial charge >= 0.3 is 11.8 Å². The van der Waals surface area contributed by atoms with Crippen molar-refractivity contribution in [3.63, 3.8) is 0 Å². The summed E-state index contributed by atoms with van der Waals surface area (Å²) in [7, 11) is -9.40. The molecule has 0 atom stereocenters. The zero-order valence-corrected chi connectivity index (χ0v) is 30.7. The number of carbonyl (C=O) groups excluding carboxylic acids is 4. The number of fused-ring (bicyclic) bond motifs is 2. The van der Waals surface area contributed by atoms with E-state index >= 15 is 0 Å². The minimum absolute atomic E-state index is 0.00134. The second kappa shape index (κ2) is 14.8. The molecule has 0 aromatic heterocycles. The van der Waals surface area contributed by atoms with E-state index in [1.165, 1.54) is 72.8 Å². The van der Waals surface area contributed by atoms with Crippen LogP contribution in [0.1, 0.15) is 31.8 Å². The molecule has 8 N–H and O–H groups in total. The highest BCUT2D eigenvalue weighted by Crippen LogP contribution is 2.36. The molecule has 4 amide bonds. The van der Waals surface area contributed by atoms with Crippen molar-refractivity contribution < 1.29 is 55.3 Å². The molecule has 56 heavy (non-hydrogen) atoms.